The number of piperidine rings is 1. The summed E-state index contributed by atoms with van der Waals surface area (Å²) < 4.78 is 42.0. The topological polar surface area (TPSA) is 330 Å². The van der Waals surface area contributed by atoms with Gasteiger partial charge >= 0.3 is 12.1 Å². The summed E-state index contributed by atoms with van der Waals surface area (Å²) in [4.78, 5) is 123. The molecule has 0 radical (unpaired) electrons. The summed E-state index contributed by atoms with van der Waals surface area (Å²) >= 11 is 0. The summed E-state index contributed by atoms with van der Waals surface area (Å²) in [5.41, 5.74) is 9.72. The van der Waals surface area contributed by atoms with Crippen LogP contribution in [-0.4, -0.2) is 247 Å². The Kier molecular flexibility index (Phi) is 31.1. The predicted octanol–water partition coefficient (Wildman–Crippen LogP) is 6.29. The summed E-state index contributed by atoms with van der Waals surface area (Å²) in [6, 6.07) is -1.86. The number of aromatic nitrogens is 4. The van der Waals surface area contributed by atoms with Crippen LogP contribution in [0.5, 0.6) is 0 Å². The number of methoxy groups -OCH3 is 3. The zero-order valence-corrected chi connectivity index (χ0v) is 61.7. The second-order valence-electron chi connectivity index (χ2n) is 28.9. The molecule has 0 aromatic carbocycles. The Labute approximate surface area is 601 Å². The van der Waals surface area contributed by atoms with Crippen LogP contribution in [0.2, 0.25) is 0 Å². The van der Waals surface area contributed by atoms with Gasteiger partial charge in [-0.2, -0.15) is 0 Å². The fourth-order valence-corrected chi connectivity index (χ4v) is 14.7. The molecule has 102 heavy (non-hydrogen) atoms. The highest BCUT2D eigenvalue weighted by Gasteiger charge is 2.53. The van der Waals surface area contributed by atoms with Gasteiger partial charge in [-0.1, -0.05) is 64.2 Å². The Morgan fingerprint density at radius 2 is 1.42 bits per heavy atom. The number of ketones is 3. The highest BCUT2D eigenvalue weighted by atomic mass is 16.6. The number of Topliss-reactive ketones (excluding diaryl/α,β-unsaturated/α-hetero) is 3. The quantitative estimate of drug-likeness (QED) is 0.0419. The lowest BCUT2D eigenvalue weighted by Crippen LogP contribution is -2.61. The van der Waals surface area contributed by atoms with Crippen LogP contribution in [0.1, 0.15) is 154 Å². The second kappa shape index (κ2) is 39.2. The van der Waals surface area contributed by atoms with E-state index in [9.17, 15) is 43.8 Å². The maximum absolute atomic E-state index is 14.7. The van der Waals surface area contributed by atoms with Crippen molar-refractivity contribution in [3.05, 3.63) is 83.5 Å². The third-order valence-corrected chi connectivity index (χ3v) is 21.2. The number of carbonyl (C=O) groups excluding carboxylic acids is 7. The molecule has 5 aliphatic heterocycles. The number of ether oxygens (including phenoxy) is 7. The number of esters is 1. The lowest BCUT2D eigenvalue weighted by atomic mass is 9.80. The van der Waals surface area contributed by atoms with Gasteiger partial charge in [0.25, 0.3) is 11.7 Å². The highest BCUT2D eigenvalue weighted by Crippen LogP contribution is 2.38. The molecule has 564 valence electrons. The molecule has 0 unspecified atom stereocenters. The molecule has 7 heterocycles. The van der Waals surface area contributed by atoms with Crippen molar-refractivity contribution < 1.29 is 76.9 Å². The van der Waals surface area contributed by atoms with Gasteiger partial charge in [-0.05, 0) is 127 Å². The molecule has 27 heteroatoms. The normalized spacial score (nSPS) is 31.0. The molecule has 8 rings (SSSR count). The van der Waals surface area contributed by atoms with Crippen LogP contribution in [0.3, 0.4) is 0 Å². The zero-order valence-electron chi connectivity index (χ0n) is 61.7. The van der Waals surface area contributed by atoms with E-state index in [2.05, 4.69) is 35.1 Å². The van der Waals surface area contributed by atoms with E-state index in [0.717, 1.165) is 38.3 Å². The number of carbonyl (C=O) groups is 7. The summed E-state index contributed by atoms with van der Waals surface area (Å²) in [5, 5.41) is 26.6. The van der Waals surface area contributed by atoms with Crippen molar-refractivity contribution in [2.45, 2.75) is 206 Å². The second-order valence-corrected chi connectivity index (χ2v) is 28.9. The van der Waals surface area contributed by atoms with Gasteiger partial charge in [0.2, 0.25) is 23.6 Å². The van der Waals surface area contributed by atoms with Gasteiger partial charge in [-0.25, -0.2) is 29.5 Å². The number of hydrogen-bond donors (Lipinski definition) is 4. The Bertz CT molecular complexity index is 3210. The fraction of sp³-hybridized carbons (Fsp3) is 0.693. The Hall–Kier alpha value is -6.95. The third kappa shape index (κ3) is 22.5. The first-order valence-corrected chi connectivity index (χ1v) is 36.8. The molecule has 5 fully saturated rings. The van der Waals surface area contributed by atoms with E-state index in [0.29, 0.717) is 145 Å². The standard InChI is InChI=1S/C75H113N11O16/c1-48-16-12-11-13-17-50(3)63(96-8)42-58-22-20-53(6)75(95,102-58)69(91)70(92)86-26-15-14-18-60(86)71(93)100-61(23-19-49(2)39-52(5)67(90)68(98-10)66(89)51(4)38-48)59(76)40-55-21-24-62(64(41-55)97-9)101-74(94)81-45-56-43-77-72(78-44-56)85-33-31-83(32-34-85)65(88)25-36-99-37-35-82-27-29-84(30-28-82)73-79-46-57(47-80-73)54(7)87/h11-13,16-17,39,43-44,46-49,51,53,55,58-64,67-68,90,95H,14-15,18-38,40-42,45,76H2,1-10H3,(H,81,94)/b13-11?,16-12+,50-17?,52-39+/t48-,49+,51-,53-,55+,58+,59-,60+,61+,62-,63+,64-,67-,68+,75-/m1/s1. The van der Waals surface area contributed by atoms with Crippen LogP contribution in [0.4, 0.5) is 16.7 Å². The number of nitrogens with two attached hydrogens (primary N) is 1. The highest BCUT2D eigenvalue weighted by molar-refractivity contribution is 6.39. The van der Waals surface area contributed by atoms with Crippen molar-refractivity contribution >= 4 is 53.1 Å². The average molecular weight is 1420 g/mol. The third-order valence-electron chi connectivity index (χ3n) is 21.2. The maximum atomic E-state index is 14.7. The molecule has 2 aromatic rings. The van der Waals surface area contributed by atoms with Gasteiger partial charge < -0.3 is 74.0 Å². The van der Waals surface area contributed by atoms with Crippen LogP contribution in [0, 0.1) is 29.6 Å². The molecule has 0 spiro atoms. The van der Waals surface area contributed by atoms with Crippen molar-refractivity contribution in [1.82, 2.24) is 40.0 Å². The number of nitrogens with zero attached hydrogens (tertiary/aromatic N) is 9. The lowest BCUT2D eigenvalue weighted by molar-refractivity contribution is -0.265. The molecule has 5 N–H and O–H groups in total. The van der Waals surface area contributed by atoms with Crippen LogP contribution in [-0.2, 0) is 63.7 Å². The van der Waals surface area contributed by atoms with E-state index in [4.69, 9.17) is 38.9 Å². The van der Waals surface area contributed by atoms with Gasteiger partial charge in [-0.15, -0.1) is 0 Å². The first-order valence-electron chi connectivity index (χ1n) is 36.8. The van der Waals surface area contributed by atoms with E-state index in [1.807, 2.05) is 74.0 Å². The van der Waals surface area contributed by atoms with E-state index in [-0.39, 0.29) is 61.2 Å². The first-order chi connectivity index (χ1) is 48.9. The minimum atomic E-state index is -2.45. The van der Waals surface area contributed by atoms with E-state index < -0.39 is 96.2 Å². The number of anilines is 2. The molecule has 2 aromatic heterocycles. The molecule has 6 aliphatic rings. The monoisotopic (exact) mass is 1420 g/mol. The summed E-state index contributed by atoms with van der Waals surface area (Å²) in [6.07, 6.45) is 18.0. The number of rotatable bonds is 18. The van der Waals surface area contributed by atoms with Crippen LogP contribution in [0.25, 0.3) is 0 Å². The molecule has 27 nitrogen and oxygen atoms in total. The summed E-state index contributed by atoms with van der Waals surface area (Å²) in [6.45, 7) is 19.9. The molecule has 3 amide bonds. The minimum Gasteiger partial charge on any atom is -0.459 e. The lowest BCUT2D eigenvalue weighted by Gasteiger charge is -2.42. The van der Waals surface area contributed by atoms with Crippen molar-refractivity contribution in [3.63, 3.8) is 0 Å². The van der Waals surface area contributed by atoms with Crippen LogP contribution in [0.15, 0.2) is 72.4 Å². The zero-order chi connectivity index (χ0) is 73.6. The Morgan fingerprint density at radius 3 is 2.09 bits per heavy atom. The molecule has 2 bridgehead atoms. The first kappa shape index (κ1) is 80.7. The van der Waals surface area contributed by atoms with E-state index in [1.165, 1.54) is 18.9 Å². The minimum absolute atomic E-state index is 0.0208. The molecular weight excluding hydrogens is 1310 g/mol. The Balaban J connectivity index is 0.830. The average Bonchev–Trinajstić information content (AvgIpc) is 0.772. The molecule has 15 atom stereocenters. The number of allylic oxidation sites excluding steroid dienone is 6. The van der Waals surface area contributed by atoms with Gasteiger partial charge in [0.15, 0.2) is 11.6 Å². The maximum Gasteiger partial charge on any atom is 0.407 e. The van der Waals surface area contributed by atoms with Gasteiger partial charge in [0.1, 0.15) is 30.5 Å². The SMILES string of the molecule is CO[C@H]1C[C@@H]2CC[C@@H](C)[C@@](O)(O2)C(=O)C(=O)N2CCCC[C@H]2C(=O)O[C@H]([C@H](N)C[C@@H]2CC[C@@H](OC(=O)NCc3cnc(N4CCN(C(=O)CCOCCN5CCN(c6ncc(C(C)=O)cn6)CC5)CC4)nc3)[C@H](OC)C2)CC[C@H](C)/C=C(\C)[C@@H](O)[C@@H](OC)C(=O)[C@H](C)C[C@H](C)/C=C/C=CC=C1C. The number of amides is 3. The van der Waals surface area contributed by atoms with Crippen molar-refractivity contribution in [2.24, 2.45) is 35.3 Å². The number of piperazine rings is 2. The van der Waals surface area contributed by atoms with E-state index in [1.54, 1.807) is 52.9 Å². The van der Waals surface area contributed by atoms with E-state index >= 15 is 0 Å². The van der Waals surface area contributed by atoms with Crippen molar-refractivity contribution in [2.75, 3.05) is 110 Å². The molecular formula is C75H113N11O16. The number of fused-ring (bicyclic) bond motifs is 3. The molecule has 1 saturated carbocycles. The largest absolute Gasteiger partial charge is 0.459 e. The Morgan fingerprint density at radius 1 is 0.735 bits per heavy atom. The summed E-state index contributed by atoms with van der Waals surface area (Å²) in [7, 11) is 4.56. The van der Waals surface area contributed by atoms with Crippen molar-refractivity contribution in [3.8, 4) is 0 Å². The molecule has 4 saturated heterocycles. The number of alkyl carbamates (subject to hydrolysis) is 1. The van der Waals surface area contributed by atoms with Crippen LogP contribution >= 0.6 is 0 Å². The number of aliphatic hydroxyl groups is 2. The fourth-order valence-electron chi connectivity index (χ4n) is 14.7. The van der Waals surface area contributed by atoms with Gasteiger partial charge in [-0.3, -0.25) is 28.9 Å². The number of aliphatic hydroxyl groups excluding tert-OH is 1. The number of cyclic esters (lactones) is 1. The van der Waals surface area contributed by atoms with Crippen LogP contribution < -0.4 is 20.9 Å². The molecule has 1 aliphatic carbocycles. The number of hydrogen-bond acceptors (Lipinski definition) is 24. The van der Waals surface area contributed by atoms with Gasteiger partial charge in [0.05, 0.1) is 43.5 Å². The van der Waals surface area contributed by atoms with Crippen molar-refractivity contribution in [1.29, 1.82) is 0 Å². The number of nitrogens with one attached hydrogen (secondary N) is 1. The van der Waals surface area contributed by atoms with Gasteiger partial charge in [0, 0.05) is 148 Å². The predicted molar refractivity (Wildman–Crippen MR) is 382 cm³/mol. The summed E-state index contributed by atoms with van der Waals surface area (Å²) in [5.74, 6) is -5.82. The smallest absolute Gasteiger partial charge is 0.407 e.